The van der Waals surface area contributed by atoms with Crippen LogP contribution in [-0.4, -0.2) is 30.8 Å². The van der Waals surface area contributed by atoms with Crippen LogP contribution in [0.2, 0.25) is 0 Å². The summed E-state index contributed by atoms with van der Waals surface area (Å²) in [7, 11) is 0. The van der Waals surface area contributed by atoms with Crippen LogP contribution in [-0.2, 0) is 4.74 Å². The van der Waals surface area contributed by atoms with Crippen LogP contribution in [0.25, 0.3) is 0 Å². The zero-order valence-corrected chi connectivity index (χ0v) is 12.8. The van der Waals surface area contributed by atoms with Crippen molar-refractivity contribution < 1.29 is 4.74 Å². The Morgan fingerprint density at radius 2 is 2.39 bits per heavy atom. The summed E-state index contributed by atoms with van der Waals surface area (Å²) in [6, 6.07) is 6.07. The largest absolute Gasteiger partial charge is 0.389 e. The van der Waals surface area contributed by atoms with Crippen molar-refractivity contribution in [3.05, 3.63) is 28.2 Å². The molecule has 0 spiro atoms. The molecule has 1 aliphatic heterocycles. The standard InChI is InChI=1S/C13H17BrN2OS/c1-2-10-8-16(5-6-17-10)12-4-3-9(14)7-11(12)13(15)18/h3-4,7,10H,2,5-6,8H2,1H3,(H2,15,18). The van der Waals surface area contributed by atoms with Crippen LogP contribution in [0.15, 0.2) is 22.7 Å². The minimum atomic E-state index is 0.293. The summed E-state index contributed by atoms with van der Waals surface area (Å²) < 4.78 is 6.68. The van der Waals surface area contributed by atoms with Crippen molar-refractivity contribution >= 4 is 38.8 Å². The van der Waals surface area contributed by atoms with Crippen molar-refractivity contribution in [3.8, 4) is 0 Å². The summed E-state index contributed by atoms with van der Waals surface area (Å²) in [6.07, 6.45) is 1.32. The Labute approximate surface area is 121 Å². The average molecular weight is 329 g/mol. The van der Waals surface area contributed by atoms with Crippen molar-refractivity contribution in [3.63, 3.8) is 0 Å². The number of anilines is 1. The second kappa shape index (κ2) is 5.99. The Balaban J connectivity index is 2.29. The molecule has 2 N–H and O–H groups in total. The molecule has 0 aromatic heterocycles. The van der Waals surface area contributed by atoms with E-state index >= 15 is 0 Å². The second-order valence-electron chi connectivity index (χ2n) is 4.37. The highest BCUT2D eigenvalue weighted by molar-refractivity contribution is 9.10. The van der Waals surface area contributed by atoms with Gasteiger partial charge in [0.2, 0.25) is 0 Å². The van der Waals surface area contributed by atoms with Gasteiger partial charge in [0.15, 0.2) is 0 Å². The first-order valence-corrected chi connectivity index (χ1v) is 7.28. The van der Waals surface area contributed by atoms with Gasteiger partial charge >= 0.3 is 0 Å². The summed E-state index contributed by atoms with van der Waals surface area (Å²) in [6.45, 7) is 4.68. The molecule has 0 amide bonds. The number of thiocarbonyl (C=S) groups is 1. The van der Waals surface area contributed by atoms with Crippen LogP contribution in [0.5, 0.6) is 0 Å². The van der Waals surface area contributed by atoms with Crippen molar-refractivity contribution in [1.29, 1.82) is 0 Å². The predicted octanol–water partition coefficient (Wildman–Crippen LogP) is 2.70. The zero-order valence-electron chi connectivity index (χ0n) is 10.4. The molecule has 2 rings (SSSR count). The molecule has 0 bridgehead atoms. The molecule has 1 unspecified atom stereocenters. The van der Waals surface area contributed by atoms with E-state index in [2.05, 4.69) is 33.8 Å². The fourth-order valence-corrected chi connectivity index (χ4v) is 2.69. The SMILES string of the molecule is CCC1CN(c2ccc(Br)cc2C(N)=S)CCO1. The summed E-state index contributed by atoms with van der Waals surface area (Å²) in [4.78, 5) is 2.74. The number of rotatable bonds is 3. The number of hydrogen-bond acceptors (Lipinski definition) is 3. The molecule has 0 aliphatic carbocycles. The minimum absolute atomic E-state index is 0.293. The van der Waals surface area contributed by atoms with Gasteiger partial charge in [-0.15, -0.1) is 0 Å². The number of benzene rings is 1. The van der Waals surface area contributed by atoms with Gasteiger partial charge < -0.3 is 15.4 Å². The molecule has 1 fully saturated rings. The monoisotopic (exact) mass is 328 g/mol. The molecule has 3 nitrogen and oxygen atoms in total. The van der Waals surface area contributed by atoms with Crippen molar-refractivity contribution in [2.45, 2.75) is 19.4 Å². The lowest BCUT2D eigenvalue weighted by Gasteiger charge is -2.35. The molecule has 1 aliphatic rings. The molecule has 1 atom stereocenters. The molecular weight excluding hydrogens is 312 g/mol. The molecule has 1 saturated heterocycles. The van der Waals surface area contributed by atoms with Crippen LogP contribution in [0, 0.1) is 0 Å². The number of halogens is 1. The average Bonchev–Trinajstić information content (AvgIpc) is 2.38. The second-order valence-corrected chi connectivity index (χ2v) is 5.73. The molecule has 0 saturated carbocycles. The van der Waals surface area contributed by atoms with E-state index in [1.165, 1.54) is 0 Å². The van der Waals surface area contributed by atoms with E-state index in [1.807, 2.05) is 12.1 Å². The van der Waals surface area contributed by atoms with Gasteiger partial charge in [0.05, 0.1) is 12.7 Å². The molecule has 0 radical (unpaired) electrons. The Morgan fingerprint density at radius 3 is 3.06 bits per heavy atom. The maximum atomic E-state index is 5.81. The van der Waals surface area contributed by atoms with E-state index in [4.69, 9.17) is 22.7 Å². The molecule has 98 valence electrons. The van der Waals surface area contributed by atoms with E-state index in [9.17, 15) is 0 Å². The molecule has 5 heteroatoms. The van der Waals surface area contributed by atoms with Gasteiger partial charge in [0, 0.05) is 28.8 Å². The van der Waals surface area contributed by atoms with Gasteiger partial charge in [0.25, 0.3) is 0 Å². The van der Waals surface area contributed by atoms with Crippen molar-refractivity contribution in [1.82, 2.24) is 0 Å². The van der Waals surface area contributed by atoms with E-state index in [-0.39, 0.29) is 0 Å². The number of nitrogens with zero attached hydrogens (tertiary/aromatic N) is 1. The molecular formula is C13H17BrN2OS. The topological polar surface area (TPSA) is 38.5 Å². The normalized spacial score (nSPS) is 19.9. The maximum absolute atomic E-state index is 5.81. The Hall–Kier alpha value is -0.650. The first-order chi connectivity index (χ1) is 8.61. The minimum Gasteiger partial charge on any atom is -0.389 e. The van der Waals surface area contributed by atoms with E-state index < -0.39 is 0 Å². The fraction of sp³-hybridized carbons (Fsp3) is 0.462. The van der Waals surface area contributed by atoms with Crippen LogP contribution < -0.4 is 10.6 Å². The maximum Gasteiger partial charge on any atom is 0.106 e. The molecule has 1 aromatic rings. The third-order valence-electron chi connectivity index (χ3n) is 3.16. The lowest BCUT2D eigenvalue weighted by molar-refractivity contribution is 0.0384. The van der Waals surface area contributed by atoms with E-state index in [1.54, 1.807) is 0 Å². The van der Waals surface area contributed by atoms with E-state index in [0.717, 1.165) is 41.8 Å². The van der Waals surface area contributed by atoms with Crippen LogP contribution in [0.3, 0.4) is 0 Å². The third-order valence-corrected chi connectivity index (χ3v) is 3.87. The number of morpholine rings is 1. The summed E-state index contributed by atoms with van der Waals surface area (Å²) in [5.74, 6) is 0. The van der Waals surface area contributed by atoms with Crippen molar-refractivity contribution in [2.24, 2.45) is 5.73 Å². The molecule has 1 heterocycles. The zero-order chi connectivity index (χ0) is 13.1. The first kappa shape index (κ1) is 13.8. The van der Waals surface area contributed by atoms with Gasteiger partial charge in [-0.3, -0.25) is 0 Å². The van der Waals surface area contributed by atoms with E-state index in [0.29, 0.717) is 11.1 Å². The highest BCUT2D eigenvalue weighted by Gasteiger charge is 2.21. The van der Waals surface area contributed by atoms with Gasteiger partial charge in [-0.1, -0.05) is 35.1 Å². The quantitative estimate of drug-likeness (QED) is 0.866. The molecule has 18 heavy (non-hydrogen) atoms. The summed E-state index contributed by atoms with van der Waals surface area (Å²) >= 11 is 8.59. The fourth-order valence-electron chi connectivity index (χ4n) is 2.17. The summed E-state index contributed by atoms with van der Waals surface area (Å²) in [5, 5.41) is 0. The van der Waals surface area contributed by atoms with Gasteiger partial charge in [-0.2, -0.15) is 0 Å². The lowest BCUT2D eigenvalue weighted by atomic mass is 10.1. The first-order valence-electron chi connectivity index (χ1n) is 6.07. The predicted molar refractivity (Wildman–Crippen MR) is 82.3 cm³/mol. The van der Waals surface area contributed by atoms with Gasteiger partial charge in [-0.25, -0.2) is 0 Å². The Kier molecular flexibility index (Phi) is 4.59. The summed E-state index contributed by atoms with van der Waals surface area (Å²) in [5.41, 5.74) is 7.84. The van der Waals surface area contributed by atoms with Gasteiger partial charge in [0.1, 0.15) is 4.99 Å². The van der Waals surface area contributed by atoms with Crippen LogP contribution in [0.1, 0.15) is 18.9 Å². The van der Waals surface area contributed by atoms with Crippen molar-refractivity contribution in [2.75, 3.05) is 24.6 Å². The Bertz CT molecular complexity index is 453. The van der Waals surface area contributed by atoms with Crippen LogP contribution >= 0.6 is 28.1 Å². The number of ether oxygens (including phenoxy) is 1. The van der Waals surface area contributed by atoms with Gasteiger partial charge in [-0.05, 0) is 24.6 Å². The molecule has 1 aromatic carbocycles. The van der Waals surface area contributed by atoms with Crippen LogP contribution in [0.4, 0.5) is 5.69 Å². The Morgan fingerprint density at radius 1 is 1.61 bits per heavy atom. The number of hydrogen-bond donors (Lipinski definition) is 1. The number of nitrogens with two attached hydrogens (primary N) is 1. The smallest absolute Gasteiger partial charge is 0.106 e. The lowest BCUT2D eigenvalue weighted by Crippen LogP contribution is -2.43. The highest BCUT2D eigenvalue weighted by atomic mass is 79.9. The third kappa shape index (κ3) is 3.02. The highest BCUT2D eigenvalue weighted by Crippen LogP contribution is 2.26.